The number of nitrogens with one attached hydrogen (secondary N) is 3. The van der Waals surface area contributed by atoms with E-state index in [2.05, 4.69) is 25.3 Å². The van der Waals surface area contributed by atoms with E-state index in [1.807, 2.05) is 36.2 Å². The quantitative estimate of drug-likeness (QED) is 0.312. The van der Waals surface area contributed by atoms with E-state index in [-0.39, 0.29) is 16.5 Å². The molecule has 11 heteroatoms. The van der Waals surface area contributed by atoms with Crippen molar-refractivity contribution in [2.24, 2.45) is 0 Å². The molecule has 0 aliphatic carbocycles. The molecule has 37 heavy (non-hydrogen) atoms. The Kier molecular flexibility index (Phi) is 6.45. The maximum Gasteiger partial charge on any atom is 0.263 e. The molecule has 10 nitrogen and oxygen atoms in total. The molecular weight excluding hydrogens is 492 g/mol. The lowest BCUT2D eigenvalue weighted by atomic mass is 10.2. The van der Waals surface area contributed by atoms with Crippen LogP contribution >= 0.6 is 0 Å². The SMILES string of the molecule is COc1cc(Nc2nc3ccccc3nc2NS(=O)(=O)c2cccc(N3CNC=C3C)c2)cc(OC)c1. The van der Waals surface area contributed by atoms with Gasteiger partial charge in [0.2, 0.25) is 0 Å². The number of ether oxygens (including phenoxy) is 2. The van der Waals surface area contributed by atoms with E-state index in [0.29, 0.717) is 34.9 Å². The highest BCUT2D eigenvalue weighted by Crippen LogP contribution is 2.32. The number of nitrogens with zero attached hydrogens (tertiary/aromatic N) is 3. The number of sulfonamides is 1. The number of hydrogen-bond donors (Lipinski definition) is 3. The monoisotopic (exact) mass is 518 g/mol. The average Bonchev–Trinajstić information content (AvgIpc) is 3.34. The molecule has 0 bridgehead atoms. The summed E-state index contributed by atoms with van der Waals surface area (Å²) in [5, 5.41) is 6.30. The first-order valence-corrected chi connectivity index (χ1v) is 12.9. The topological polar surface area (TPSA) is 118 Å². The molecular formula is C26H26N6O4S. The van der Waals surface area contributed by atoms with E-state index in [9.17, 15) is 8.42 Å². The van der Waals surface area contributed by atoms with Crippen molar-refractivity contribution in [1.29, 1.82) is 0 Å². The number of rotatable bonds is 8. The van der Waals surface area contributed by atoms with Gasteiger partial charge in [-0.25, -0.2) is 18.4 Å². The number of methoxy groups -OCH3 is 2. The Morgan fingerprint density at radius 1 is 0.892 bits per heavy atom. The maximum absolute atomic E-state index is 13.5. The zero-order chi connectivity index (χ0) is 26.0. The van der Waals surface area contributed by atoms with Crippen LogP contribution in [0.4, 0.5) is 23.0 Å². The van der Waals surface area contributed by atoms with Crippen molar-refractivity contribution in [3.8, 4) is 11.5 Å². The van der Waals surface area contributed by atoms with Gasteiger partial charge >= 0.3 is 0 Å². The standard InChI is InChI=1S/C26H26N6O4S/c1-17-15-27-16-32(17)19-7-6-8-22(13-19)37(33,34)31-26-25(29-23-9-4-5-10-24(23)30-26)28-18-11-20(35-2)14-21(12-18)36-3/h4-15,27H,16H2,1-3H3,(H,28,29)(H,30,31). The number of para-hydroxylation sites is 2. The fraction of sp³-hybridized carbons (Fsp3) is 0.154. The van der Waals surface area contributed by atoms with Crippen LogP contribution in [0.3, 0.4) is 0 Å². The third kappa shape index (κ3) is 5.07. The summed E-state index contributed by atoms with van der Waals surface area (Å²) in [6.45, 7) is 2.52. The molecule has 3 N–H and O–H groups in total. The molecule has 190 valence electrons. The number of anilines is 4. The van der Waals surface area contributed by atoms with Crippen LogP contribution in [0.5, 0.6) is 11.5 Å². The normalized spacial score (nSPS) is 13.2. The lowest BCUT2D eigenvalue weighted by Crippen LogP contribution is -2.23. The van der Waals surface area contributed by atoms with Crippen LogP contribution in [0.1, 0.15) is 6.92 Å². The second-order valence-corrected chi connectivity index (χ2v) is 10.00. The van der Waals surface area contributed by atoms with Crippen LogP contribution in [0.15, 0.2) is 83.5 Å². The van der Waals surface area contributed by atoms with Crippen molar-refractivity contribution in [2.75, 3.05) is 35.8 Å². The Morgan fingerprint density at radius 2 is 1.57 bits per heavy atom. The molecule has 0 saturated heterocycles. The van der Waals surface area contributed by atoms with Crippen LogP contribution < -0.4 is 29.7 Å². The van der Waals surface area contributed by atoms with Gasteiger partial charge in [-0.05, 0) is 37.3 Å². The van der Waals surface area contributed by atoms with Gasteiger partial charge in [-0.1, -0.05) is 18.2 Å². The third-order valence-electron chi connectivity index (χ3n) is 5.84. The number of aromatic nitrogens is 2. The Bertz CT molecular complexity index is 1580. The first-order valence-electron chi connectivity index (χ1n) is 11.4. The molecule has 0 unspecified atom stereocenters. The Labute approximate surface area is 215 Å². The van der Waals surface area contributed by atoms with Crippen molar-refractivity contribution in [1.82, 2.24) is 15.3 Å². The van der Waals surface area contributed by atoms with E-state index in [0.717, 1.165) is 11.4 Å². The lowest BCUT2D eigenvalue weighted by molar-refractivity contribution is 0.395. The minimum Gasteiger partial charge on any atom is -0.497 e. The molecule has 3 aromatic carbocycles. The van der Waals surface area contributed by atoms with Gasteiger partial charge < -0.3 is 25.0 Å². The summed E-state index contributed by atoms with van der Waals surface area (Å²) >= 11 is 0. The van der Waals surface area contributed by atoms with Crippen LogP contribution in [0.25, 0.3) is 11.0 Å². The van der Waals surface area contributed by atoms with Crippen LogP contribution in [-0.4, -0.2) is 39.3 Å². The van der Waals surface area contributed by atoms with Gasteiger partial charge in [0.1, 0.15) is 11.5 Å². The van der Waals surface area contributed by atoms with Gasteiger partial charge in [-0.2, -0.15) is 0 Å². The fourth-order valence-corrected chi connectivity index (χ4v) is 5.01. The van der Waals surface area contributed by atoms with Gasteiger partial charge in [0.05, 0.1) is 36.8 Å². The highest BCUT2D eigenvalue weighted by molar-refractivity contribution is 7.92. The van der Waals surface area contributed by atoms with Crippen molar-refractivity contribution < 1.29 is 17.9 Å². The summed E-state index contributed by atoms with van der Waals surface area (Å²) in [6, 6.07) is 19.2. The van der Waals surface area contributed by atoms with E-state index in [4.69, 9.17) is 9.47 Å². The van der Waals surface area contributed by atoms with Crippen LogP contribution in [-0.2, 0) is 10.0 Å². The van der Waals surface area contributed by atoms with Gasteiger partial charge in [-0.15, -0.1) is 0 Å². The molecule has 1 aliphatic rings. The molecule has 0 saturated carbocycles. The summed E-state index contributed by atoms with van der Waals surface area (Å²) in [4.78, 5) is 11.3. The van der Waals surface area contributed by atoms with E-state index >= 15 is 0 Å². The van der Waals surface area contributed by atoms with E-state index in [1.165, 1.54) is 0 Å². The van der Waals surface area contributed by atoms with Crippen LogP contribution in [0.2, 0.25) is 0 Å². The maximum atomic E-state index is 13.5. The van der Waals surface area contributed by atoms with Gasteiger partial charge in [0, 0.05) is 41.5 Å². The highest BCUT2D eigenvalue weighted by atomic mass is 32.2. The summed E-state index contributed by atoms with van der Waals surface area (Å²) < 4.78 is 40.3. The second kappa shape index (κ2) is 9.86. The predicted molar refractivity (Wildman–Crippen MR) is 144 cm³/mol. The summed E-state index contributed by atoms with van der Waals surface area (Å²) in [5.41, 5.74) is 3.49. The Morgan fingerprint density at radius 3 is 2.19 bits per heavy atom. The van der Waals surface area contributed by atoms with Crippen molar-refractivity contribution >= 4 is 44.1 Å². The molecule has 4 aromatic rings. The Balaban J connectivity index is 1.53. The lowest BCUT2D eigenvalue weighted by Gasteiger charge is -2.20. The fourth-order valence-electron chi connectivity index (χ4n) is 3.96. The highest BCUT2D eigenvalue weighted by Gasteiger charge is 2.21. The molecule has 0 radical (unpaired) electrons. The summed E-state index contributed by atoms with van der Waals surface area (Å²) in [6.07, 6.45) is 1.88. The molecule has 0 spiro atoms. The zero-order valence-electron chi connectivity index (χ0n) is 20.5. The number of allylic oxidation sites excluding steroid dienone is 1. The first-order chi connectivity index (χ1) is 17.9. The van der Waals surface area contributed by atoms with E-state index in [1.54, 1.807) is 62.8 Å². The summed E-state index contributed by atoms with van der Waals surface area (Å²) in [7, 11) is -0.894. The number of hydrogen-bond acceptors (Lipinski definition) is 9. The average molecular weight is 519 g/mol. The first kappa shape index (κ1) is 24.2. The van der Waals surface area contributed by atoms with Crippen LogP contribution in [0, 0.1) is 0 Å². The van der Waals surface area contributed by atoms with Crippen molar-refractivity contribution in [2.45, 2.75) is 11.8 Å². The number of fused-ring (bicyclic) bond motifs is 1. The smallest absolute Gasteiger partial charge is 0.263 e. The Hall–Kier alpha value is -4.51. The van der Waals surface area contributed by atoms with E-state index < -0.39 is 10.0 Å². The van der Waals surface area contributed by atoms with Crippen molar-refractivity contribution in [3.63, 3.8) is 0 Å². The van der Waals surface area contributed by atoms with Gasteiger partial charge in [0.25, 0.3) is 10.0 Å². The van der Waals surface area contributed by atoms with Gasteiger partial charge in [0.15, 0.2) is 11.6 Å². The molecule has 0 fully saturated rings. The summed E-state index contributed by atoms with van der Waals surface area (Å²) in [5.74, 6) is 1.42. The molecule has 2 heterocycles. The zero-order valence-corrected chi connectivity index (χ0v) is 21.3. The van der Waals surface area contributed by atoms with Gasteiger partial charge in [-0.3, -0.25) is 4.72 Å². The second-order valence-electron chi connectivity index (χ2n) is 8.31. The number of benzene rings is 3. The van der Waals surface area contributed by atoms with Crippen molar-refractivity contribution in [3.05, 3.63) is 78.6 Å². The predicted octanol–water partition coefficient (Wildman–Crippen LogP) is 4.42. The molecule has 1 aromatic heterocycles. The largest absolute Gasteiger partial charge is 0.497 e. The minimum absolute atomic E-state index is 0.0600. The molecule has 5 rings (SSSR count). The molecule has 0 atom stereocenters. The third-order valence-corrected chi connectivity index (χ3v) is 7.18. The molecule has 0 amide bonds. The molecule has 1 aliphatic heterocycles. The minimum atomic E-state index is -4.00.